The van der Waals surface area contributed by atoms with E-state index in [1.165, 1.54) is 6.33 Å². The second-order valence-corrected chi connectivity index (χ2v) is 4.61. The van der Waals surface area contributed by atoms with Crippen molar-refractivity contribution in [1.29, 1.82) is 0 Å². The van der Waals surface area contributed by atoms with Gasteiger partial charge in [0.25, 0.3) is 5.56 Å². The van der Waals surface area contributed by atoms with Crippen molar-refractivity contribution in [1.82, 2.24) is 20.3 Å². The van der Waals surface area contributed by atoms with Crippen molar-refractivity contribution >= 4 is 11.0 Å². The van der Waals surface area contributed by atoms with E-state index in [9.17, 15) is 15.0 Å². The summed E-state index contributed by atoms with van der Waals surface area (Å²) in [5.74, 6) is 0. The molecule has 1 fully saturated rings. The number of hydrogen-bond acceptors (Lipinski definition) is 6. The number of aliphatic hydroxyl groups is 3. The molecule has 1 saturated heterocycles. The van der Waals surface area contributed by atoms with Crippen LogP contribution in [0.2, 0.25) is 0 Å². The van der Waals surface area contributed by atoms with Gasteiger partial charge in [0.2, 0.25) is 0 Å². The molecule has 0 amide bonds. The SMILES string of the molecule is O=c1[nH]cnc2c(C3NC(CO)[C@@H](O)[C@H]3O)c[nH]c12. The van der Waals surface area contributed by atoms with Gasteiger partial charge >= 0.3 is 0 Å². The molecule has 0 aliphatic carbocycles. The van der Waals surface area contributed by atoms with Gasteiger partial charge in [-0.15, -0.1) is 0 Å². The Hall–Kier alpha value is -1.74. The van der Waals surface area contributed by atoms with Crippen molar-refractivity contribution < 1.29 is 15.3 Å². The average molecular weight is 266 g/mol. The van der Waals surface area contributed by atoms with E-state index < -0.39 is 24.3 Å². The minimum absolute atomic E-state index is 0.287. The lowest BCUT2D eigenvalue weighted by Crippen LogP contribution is -2.35. The summed E-state index contributed by atoms with van der Waals surface area (Å²) >= 11 is 0. The fourth-order valence-electron chi connectivity index (χ4n) is 2.51. The molecule has 0 saturated carbocycles. The van der Waals surface area contributed by atoms with Crippen LogP contribution < -0.4 is 10.9 Å². The highest BCUT2D eigenvalue weighted by atomic mass is 16.3. The first-order valence-corrected chi connectivity index (χ1v) is 5.91. The standard InChI is InChI=1S/C11H14N4O4/c16-2-5-9(17)10(18)7(15-5)4-1-12-8-6(4)13-3-14-11(8)19/h1,3,5,7,9-10,12,15-18H,2H2,(H,13,14,19)/t5?,7?,9-,10+/m1/s1. The van der Waals surface area contributed by atoms with E-state index >= 15 is 0 Å². The van der Waals surface area contributed by atoms with E-state index in [1.807, 2.05) is 0 Å². The van der Waals surface area contributed by atoms with Crippen LogP contribution in [-0.4, -0.2) is 55.1 Å². The van der Waals surface area contributed by atoms with Crippen LogP contribution in [0.3, 0.4) is 0 Å². The first-order chi connectivity index (χ1) is 9.13. The average Bonchev–Trinajstić information content (AvgIpc) is 2.94. The van der Waals surface area contributed by atoms with Crippen LogP contribution in [0.1, 0.15) is 11.6 Å². The molecule has 2 aromatic rings. The zero-order valence-electron chi connectivity index (χ0n) is 9.87. The summed E-state index contributed by atoms with van der Waals surface area (Å²) < 4.78 is 0. The molecule has 6 N–H and O–H groups in total. The van der Waals surface area contributed by atoms with Gasteiger partial charge in [0.15, 0.2) is 0 Å². The van der Waals surface area contributed by atoms with Gasteiger partial charge in [0, 0.05) is 11.8 Å². The number of aromatic nitrogens is 3. The Morgan fingerprint density at radius 1 is 1.26 bits per heavy atom. The molecule has 8 nitrogen and oxygen atoms in total. The molecule has 102 valence electrons. The molecule has 4 atom stereocenters. The van der Waals surface area contributed by atoms with Gasteiger partial charge < -0.3 is 30.6 Å². The molecular formula is C11H14N4O4. The predicted molar refractivity (Wildman–Crippen MR) is 65.5 cm³/mol. The fourth-order valence-corrected chi connectivity index (χ4v) is 2.51. The van der Waals surface area contributed by atoms with Crippen LogP contribution in [0.5, 0.6) is 0 Å². The summed E-state index contributed by atoms with van der Waals surface area (Å²) in [6, 6.07) is -1.19. The normalized spacial score (nSPS) is 31.1. The third kappa shape index (κ3) is 1.77. The van der Waals surface area contributed by atoms with Crippen molar-refractivity contribution in [2.24, 2.45) is 0 Å². The monoisotopic (exact) mass is 266 g/mol. The van der Waals surface area contributed by atoms with E-state index in [0.29, 0.717) is 16.6 Å². The summed E-state index contributed by atoms with van der Waals surface area (Å²) in [7, 11) is 0. The third-order valence-electron chi connectivity index (χ3n) is 3.53. The molecule has 0 radical (unpaired) electrons. The number of nitrogens with one attached hydrogen (secondary N) is 3. The maximum Gasteiger partial charge on any atom is 0.275 e. The molecule has 19 heavy (non-hydrogen) atoms. The minimum Gasteiger partial charge on any atom is -0.395 e. The minimum atomic E-state index is -1.07. The number of aliphatic hydroxyl groups excluding tert-OH is 3. The van der Waals surface area contributed by atoms with Crippen molar-refractivity contribution in [2.45, 2.75) is 24.3 Å². The highest BCUT2D eigenvalue weighted by molar-refractivity contribution is 5.78. The molecular weight excluding hydrogens is 252 g/mol. The quantitative estimate of drug-likeness (QED) is 0.371. The summed E-state index contributed by atoms with van der Waals surface area (Å²) in [6.07, 6.45) is 0.711. The molecule has 2 unspecified atom stereocenters. The zero-order valence-corrected chi connectivity index (χ0v) is 9.87. The van der Waals surface area contributed by atoms with Crippen LogP contribution in [0.4, 0.5) is 0 Å². The second kappa shape index (κ2) is 4.42. The third-order valence-corrected chi connectivity index (χ3v) is 3.53. The molecule has 8 heteroatoms. The Morgan fingerprint density at radius 3 is 2.74 bits per heavy atom. The van der Waals surface area contributed by atoms with E-state index in [2.05, 4.69) is 20.3 Å². The van der Waals surface area contributed by atoms with Gasteiger partial charge in [0.05, 0.1) is 31.1 Å². The van der Waals surface area contributed by atoms with Gasteiger partial charge in [-0.2, -0.15) is 0 Å². The summed E-state index contributed by atoms with van der Waals surface area (Å²) in [5.41, 5.74) is 1.03. The molecule has 1 aliphatic heterocycles. The van der Waals surface area contributed by atoms with Crippen LogP contribution in [0.25, 0.3) is 11.0 Å². The fraction of sp³-hybridized carbons (Fsp3) is 0.455. The van der Waals surface area contributed by atoms with Crippen LogP contribution in [-0.2, 0) is 0 Å². The van der Waals surface area contributed by atoms with Crippen molar-refractivity contribution in [3.05, 3.63) is 28.4 Å². The Kier molecular flexibility index (Phi) is 2.86. The lowest BCUT2D eigenvalue weighted by Gasteiger charge is -2.14. The lowest BCUT2D eigenvalue weighted by atomic mass is 10.0. The number of fused-ring (bicyclic) bond motifs is 1. The lowest BCUT2D eigenvalue weighted by molar-refractivity contribution is 0.0196. The first kappa shape index (κ1) is 12.3. The van der Waals surface area contributed by atoms with Crippen molar-refractivity contribution in [3.63, 3.8) is 0 Å². The maximum atomic E-state index is 11.6. The molecule has 0 aromatic carbocycles. The number of aromatic amines is 2. The molecule has 1 aliphatic rings. The number of rotatable bonds is 2. The number of nitrogens with zero attached hydrogens (tertiary/aromatic N) is 1. The Labute approximate surface area is 107 Å². The largest absolute Gasteiger partial charge is 0.395 e. The van der Waals surface area contributed by atoms with Crippen molar-refractivity contribution in [2.75, 3.05) is 6.61 Å². The summed E-state index contributed by atoms with van der Waals surface area (Å²) in [5, 5.41) is 31.8. The van der Waals surface area contributed by atoms with Gasteiger partial charge in [0.1, 0.15) is 17.1 Å². The van der Waals surface area contributed by atoms with E-state index in [-0.39, 0.29) is 12.2 Å². The molecule has 2 aromatic heterocycles. The molecule has 0 spiro atoms. The smallest absolute Gasteiger partial charge is 0.275 e. The van der Waals surface area contributed by atoms with Crippen LogP contribution in [0.15, 0.2) is 17.3 Å². The summed E-state index contributed by atoms with van der Waals surface area (Å²) in [4.78, 5) is 20.9. The van der Waals surface area contributed by atoms with Gasteiger partial charge in [-0.3, -0.25) is 4.79 Å². The van der Waals surface area contributed by atoms with E-state index in [0.717, 1.165) is 0 Å². The van der Waals surface area contributed by atoms with E-state index in [4.69, 9.17) is 5.11 Å². The molecule has 0 bridgehead atoms. The number of H-pyrrole nitrogens is 2. The maximum absolute atomic E-state index is 11.6. The van der Waals surface area contributed by atoms with E-state index in [1.54, 1.807) is 6.20 Å². The van der Waals surface area contributed by atoms with Gasteiger partial charge in [-0.05, 0) is 0 Å². The highest BCUT2D eigenvalue weighted by Crippen LogP contribution is 2.30. The van der Waals surface area contributed by atoms with Gasteiger partial charge in [-0.25, -0.2) is 4.98 Å². The highest BCUT2D eigenvalue weighted by Gasteiger charge is 2.42. The molecule has 3 rings (SSSR count). The molecule has 3 heterocycles. The first-order valence-electron chi connectivity index (χ1n) is 5.91. The van der Waals surface area contributed by atoms with Gasteiger partial charge in [-0.1, -0.05) is 0 Å². The topological polar surface area (TPSA) is 134 Å². The Morgan fingerprint density at radius 2 is 2.05 bits per heavy atom. The van der Waals surface area contributed by atoms with Crippen LogP contribution in [0, 0.1) is 0 Å². The predicted octanol–water partition coefficient (Wildman–Crippen LogP) is -2.02. The Bertz CT molecular complexity index is 651. The number of hydrogen-bond donors (Lipinski definition) is 6. The zero-order chi connectivity index (χ0) is 13.6. The second-order valence-electron chi connectivity index (χ2n) is 4.61. The van der Waals surface area contributed by atoms with Crippen molar-refractivity contribution in [3.8, 4) is 0 Å². The van der Waals surface area contributed by atoms with Crippen LogP contribution >= 0.6 is 0 Å². The Balaban J connectivity index is 2.06. The summed E-state index contributed by atoms with van der Waals surface area (Å²) in [6.45, 7) is -0.287.